The van der Waals surface area contributed by atoms with E-state index in [-0.39, 0.29) is 0 Å². The van der Waals surface area contributed by atoms with Gasteiger partial charge in [-0.1, -0.05) is 0 Å². The fourth-order valence-electron chi connectivity index (χ4n) is 1.26. The quantitative estimate of drug-likeness (QED) is 0.828. The van der Waals surface area contributed by atoms with Gasteiger partial charge in [-0.25, -0.2) is 4.79 Å². The number of rotatable bonds is 4. The van der Waals surface area contributed by atoms with Crippen LogP contribution < -0.4 is 5.32 Å². The lowest BCUT2D eigenvalue weighted by Crippen LogP contribution is -2.44. The summed E-state index contributed by atoms with van der Waals surface area (Å²) in [6.45, 7) is 3.60. The average Bonchev–Trinajstić information content (AvgIpc) is 2.64. The molecule has 0 radical (unpaired) electrons. The molecule has 0 saturated carbocycles. The average molecular weight is 240 g/mol. The lowest BCUT2D eigenvalue weighted by molar-refractivity contribution is -0.138. The Balaban J connectivity index is 2.53. The van der Waals surface area contributed by atoms with Crippen molar-refractivity contribution in [3.05, 3.63) is 23.7 Å². The highest BCUT2D eigenvalue weighted by Crippen LogP contribution is 2.10. The maximum atomic E-state index is 11.6. The van der Waals surface area contributed by atoms with Crippen molar-refractivity contribution in [1.29, 1.82) is 0 Å². The molecule has 0 bridgehead atoms. The zero-order valence-corrected chi connectivity index (χ0v) is 10.1. The van der Waals surface area contributed by atoms with Crippen LogP contribution in [0.15, 0.2) is 16.7 Å². The summed E-state index contributed by atoms with van der Waals surface area (Å²) in [6, 6.07) is 0.440. The molecule has 2 N–H and O–H groups in total. The van der Waals surface area contributed by atoms with E-state index < -0.39 is 18.0 Å². The van der Waals surface area contributed by atoms with E-state index in [2.05, 4.69) is 5.32 Å². The van der Waals surface area contributed by atoms with Crippen molar-refractivity contribution in [2.45, 2.75) is 26.4 Å². The first kappa shape index (κ1) is 13.1. The summed E-state index contributed by atoms with van der Waals surface area (Å²) in [5.74, 6) is -0.317. The maximum absolute atomic E-state index is 11.6. The van der Waals surface area contributed by atoms with E-state index in [0.29, 0.717) is 6.54 Å². The first-order chi connectivity index (χ1) is 7.91. The topological polar surface area (TPSA) is 82.8 Å². The third-order valence-corrected chi connectivity index (χ3v) is 2.43. The molecule has 17 heavy (non-hydrogen) atoms. The molecule has 0 aliphatic rings. The van der Waals surface area contributed by atoms with Crippen LogP contribution in [-0.4, -0.2) is 35.1 Å². The molecule has 0 aliphatic carbocycles. The van der Waals surface area contributed by atoms with Crippen LogP contribution in [-0.2, 0) is 11.3 Å². The second kappa shape index (κ2) is 5.38. The van der Waals surface area contributed by atoms with Crippen LogP contribution in [0, 0.1) is 6.92 Å². The number of furan rings is 1. The summed E-state index contributed by atoms with van der Waals surface area (Å²) < 4.78 is 5.11. The van der Waals surface area contributed by atoms with Crippen molar-refractivity contribution in [3.8, 4) is 0 Å². The molecule has 6 nitrogen and oxygen atoms in total. The number of carboxylic acids is 1. The predicted molar refractivity (Wildman–Crippen MR) is 60.5 cm³/mol. The molecule has 1 aromatic heterocycles. The highest BCUT2D eigenvalue weighted by atomic mass is 16.4. The molecule has 1 aromatic rings. The lowest BCUT2D eigenvalue weighted by Gasteiger charge is -2.19. The second-order valence-corrected chi connectivity index (χ2v) is 3.87. The fourth-order valence-corrected chi connectivity index (χ4v) is 1.26. The summed E-state index contributed by atoms with van der Waals surface area (Å²) in [5, 5.41) is 11.0. The van der Waals surface area contributed by atoms with Gasteiger partial charge in [0.1, 0.15) is 11.8 Å². The van der Waals surface area contributed by atoms with Crippen LogP contribution in [0.2, 0.25) is 0 Å². The van der Waals surface area contributed by atoms with E-state index in [1.54, 1.807) is 26.3 Å². The zero-order valence-electron chi connectivity index (χ0n) is 10.1. The van der Waals surface area contributed by atoms with Gasteiger partial charge in [0.05, 0.1) is 12.8 Å². The normalized spacial score (nSPS) is 11.9. The van der Waals surface area contributed by atoms with Gasteiger partial charge in [-0.05, 0) is 19.9 Å². The Labute approximate surface area is 99.2 Å². The van der Waals surface area contributed by atoms with Gasteiger partial charge in [0.15, 0.2) is 0 Å². The Morgan fingerprint density at radius 2 is 2.24 bits per heavy atom. The molecule has 1 unspecified atom stereocenters. The van der Waals surface area contributed by atoms with Crippen molar-refractivity contribution in [3.63, 3.8) is 0 Å². The second-order valence-electron chi connectivity index (χ2n) is 3.87. The van der Waals surface area contributed by atoms with Crippen molar-refractivity contribution < 1.29 is 19.1 Å². The molecule has 6 heteroatoms. The molecule has 94 valence electrons. The van der Waals surface area contributed by atoms with E-state index in [0.717, 1.165) is 11.3 Å². The highest BCUT2D eigenvalue weighted by Gasteiger charge is 2.17. The smallest absolute Gasteiger partial charge is 0.325 e. The van der Waals surface area contributed by atoms with Crippen LogP contribution >= 0.6 is 0 Å². The molecule has 0 saturated heterocycles. The van der Waals surface area contributed by atoms with Crippen LogP contribution in [0.1, 0.15) is 18.2 Å². The molecular formula is C11H16N2O4. The van der Waals surface area contributed by atoms with Crippen molar-refractivity contribution >= 4 is 12.0 Å². The molecule has 0 fully saturated rings. The molecular weight excluding hydrogens is 224 g/mol. The Hall–Kier alpha value is -1.98. The summed E-state index contributed by atoms with van der Waals surface area (Å²) in [4.78, 5) is 23.6. The minimum Gasteiger partial charge on any atom is -0.480 e. The number of amides is 2. The molecule has 0 aliphatic heterocycles. The van der Waals surface area contributed by atoms with Crippen LogP contribution in [0.3, 0.4) is 0 Å². The monoisotopic (exact) mass is 240 g/mol. The molecule has 2 amide bonds. The van der Waals surface area contributed by atoms with Gasteiger partial charge in [-0.3, -0.25) is 4.79 Å². The predicted octanol–water partition coefficient (Wildman–Crippen LogP) is 1.20. The highest BCUT2D eigenvalue weighted by molar-refractivity contribution is 5.82. The number of carbonyl (C=O) groups excluding carboxylic acids is 1. The first-order valence-electron chi connectivity index (χ1n) is 5.19. The van der Waals surface area contributed by atoms with E-state index >= 15 is 0 Å². The van der Waals surface area contributed by atoms with Crippen LogP contribution in [0.5, 0.6) is 0 Å². The first-order valence-corrected chi connectivity index (χ1v) is 5.19. The van der Waals surface area contributed by atoms with Gasteiger partial charge in [0, 0.05) is 12.6 Å². The zero-order chi connectivity index (χ0) is 13.0. The van der Waals surface area contributed by atoms with E-state index in [4.69, 9.17) is 9.52 Å². The van der Waals surface area contributed by atoms with Gasteiger partial charge < -0.3 is 19.7 Å². The Kier molecular flexibility index (Phi) is 4.14. The Morgan fingerprint density at radius 3 is 2.71 bits per heavy atom. The Bertz CT molecular complexity index is 413. The summed E-state index contributed by atoms with van der Waals surface area (Å²) in [6.07, 6.45) is 1.55. The number of nitrogens with zero attached hydrogens (tertiary/aromatic N) is 1. The number of carboxylic acid groups (broad SMARTS) is 1. The molecule has 0 aromatic carbocycles. The number of hydrogen-bond donors (Lipinski definition) is 2. The molecule has 1 rings (SSSR count). The van der Waals surface area contributed by atoms with Crippen molar-refractivity contribution in [2.75, 3.05) is 7.05 Å². The Morgan fingerprint density at radius 1 is 1.59 bits per heavy atom. The van der Waals surface area contributed by atoms with Crippen molar-refractivity contribution in [2.24, 2.45) is 0 Å². The summed E-state index contributed by atoms with van der Waals surface area (Å²) in [7, 11) is 1.59. The van der Waals surface area contributed by atoms with Crippen LogP contribution in [0.4, 0.5) is 4.79 Å². The molecule has 0 spiro atoms. The minimum atomic E-state index is -1.06. The number of aliphatic carboxylic acids is 1. The minimum absolute atomic E-state index is 0.376. The third kappa shape index (κ3) is 3.51. The van der Waals surface area contributed by atoms with Gasteiger partial charge in [0.2, 0.25) is 0 Å². The van der Waals surface area contributed by atoms with Gasteiger partial charge in [-0.2, -0.15) is 0 Å². The number of aryl methyl sites for hydroxylation is 1. The standard InChI is InChI=1S/C11H16N2O4/c1-7(10(14)15)12-11(16)13(3)6-9-4-5-17-8(9)2/h4-5,7H,6H2,1-3H3,(H,12,16)(H,14,15). The van der Waals surface area contributed by atoms with Gasteiger partial charge in [0.25, 0.3) is 0 Å². The number of urea groups is 1. The number of carbonyl (C=O) groups is 2. The van der Waals surface area contributed by atoms with E-state index in [9.17, 15) is 9.59 Å². The molecule has 1 atom stereocenters. The van der Waals surface area contributed by atoms with E-state index in [1.807, 2.05) is 0 Å². The summed E-state index contributed by atoms with van der Waals surface area (Å²) in [5.41, 5.74) is 0.894. The van der Waals surface area contributed by atoms with Gasteiger partial charge >= 0.3 is 12.0 Å². The fraction of sp³-hybridized carbons (Fsp3) is 0.455. The maximum Gasteiger partial charge on any atom is 0.325 e. The number of nitrogens with one attached hydrogen (secondary N) is 1. The lowest BCUT2D eigenvalue weighted by atomic mass is 10.2. The largest absolute Gasteiger partial charge is 0.480 e. The summed E-state index contributed by atoms with van der Waals surface area (Å²) >= 11 is 0. The molecule has 1 heterocycles. The van der Waals surface area contributed by atoms with Gasteiger partial charge in [-0.15, -0.1) is 0 Å². The third-order valence-electron chi connectivity index (χ3n) is 2.43. The van der Waals surface area contributed by atoms with E-state index in [1.165, 1.54) is 11.8 Å². The number of hydrogen-bond acceptors (Lipinski definition) is 3. The van der Waals surface area contributed by atoms with Crippen LogP contribution in [0.25, 0.3) is 0 Å². The SMILES string of the molecule is Cc1occc1CN(C)C(=O)NC(C)C(=O)O. The van der Waals surface area contributed by atoms with Crippen molar-refractivity contribution in [1.82, 2.24) is 10.2 Å².